The van der Waals surface area contributed by atoms with Crippen molar-refractivity contribution in [2.24, 2.45) is 5.41 Å². The van der Waals surface area contributed by atoms with E-state index in [2.05, 4.69) is 30.4 Å². The van der Waals surface area contributed by atoms with E-state index in [-0.39, 0.29) is 12.4 Å². The normalized spacial score (nSPS) is 13.8. The molecule has 0 saturated heterocycles. The largest absolute Gasteiger partial charge is 0.469 e. The van der Waals surface area contributed by atoms with Crippen LogP contribution in [0.25, 0.3) is 0 Å². The van der Waals surface area contributed by atoms with Crippen LogP contribution in [0.4, 0.5) is 0 Å². The highest BCUT2D eigenvalue weighted by Crippen LogP contribution is 2.18. The molecule has 1 N–H and O–H groups in total. The van der Waals surface area contributed by atoms with Crippen LogP contribution in [0.1, 0.15) is 40.0 Å². The summed E-state index contributed by atoms with van der Waals surface area (Å²) in [5, 5.41) is 9.74. The van der Waals surface area contributed by atoms with Crippen molar-refractivity contribution in [2.75, 3.05) is 27.2 Å². The highest BCUT2D eigenvalue weighted by atomic mass is 16.5. The number of aliphatic hydroxyl groups excluding tert-OH is 1. The lowest BCUT2D eigenvalue weighted by Gasteiger charge is -2.25. The number of hydrogen-bond donors (Lipinski definition) is 1. The summed E-state index contributed by atoms with van der Waals surface area (Å²) in [7, 11) is 3.36. The predicted molar refractivity (Wildman–Crippen MR) is 68.8 cm³/mol. The maximum absolute atomic E-state index is 10.9. The quantitative estimate of drug-likeness (QED) is 0.693. The van der Waals surface area contributed by atoms with Gasteiger partial charge in [-0.3, -0.25) is 4.79 Å². The van der Waals surface area contributed by atoms with Gasteiger partial charge in [0.2, 0.25) is 0 Å². The lowest BCUT2D eigenvalue weighted by Crippen LogP contribution is -2.32. The summed E-state index contributed by atoms with van der Waals surface area (Å²) in [6.07, 6.45) is 1.38. The fraction of sp³-hybridized carbons (Fsp3) is 0.923. The fourth-order valence-electron chi connectivity index (χ4n) is 1.46. The Morgan fingerprint density at radius 3 is 2.47 bits per heavy atom. The van der Waals surface area contributed by atoms with Crippen molar-refractivity contribution in [1.29, 1.82) is 0 Å². The zero-order valence-electron chi connectivity index (χ0n) is 11.8. The number of hydrogen-bond acceptors (Lipinski definition) is 4. The molecule has 1 unspecified atom stereocenters. The number of likely N-dealkylation sites (N-methyl/N-ethyl adjacent to an activating group) is 1. The van der Waals surface area contributed by atoms with Crippen LogP contribution < -0.4 is 0 Å². The van der Waals surface area contributed by atoms with E-state index in [1.54, 1.807) is 0 Å². The summed E-state index contributed by atoms with van der Waals surface area (Å²) in [6.45, 7) is 8.17. The average molecular weight is 245 g/mol. The van der Waals surface area contributed by atoms with Gasteiger partial charge in [-0.25, -0.2) is 0 Å². The third kappa shape index (κ3) is 10.3. The molecule has 4 heteroatoms. The summed E-state index contributed by atoms with van der Waals surface area (Å²) in [5.41, 5.74) is 0.311. The van der Waals surface area contributed by atoms with Crippen molar-refractivity contribution in [1.82, 2.24) is 4.90 Å². The van der Waals surface area contributed by atoms with Gasteiger partial charge in [0.15, 0.2) is 0 Å². The smallest absolute Gasteiger partial charge is 0.305 e. The van der Waals surface area contributed by atoms with Crippen LogP contribution >= 0.6 is 0 Å². The highest BCUT2D eigenvalue weighted by Gasteiger charge is 2.14. The number of esters is 1. The number of ether oxygens (including phenoxy) is 1. The molecule has 0 aromatic heterocycles. The zero-order valence-corrected chi connectivity index (χ0v) is 11.8. The molecule has 17 heavy (non-hydrogen) atoms. The second-order valence-electron chi connectivity index (χ2n) is 5.84. The van der Waals surface area contributed by atoms with Gasteiger partial charge < -0.3 is 14.7 Å². The summed E-state index contributed by atoms with van der Waals surface area (Å²) in [6, 6.07) is 0. The van der Waals surface area contributed by atoms with Gasteiger partial charge in [-0.2, -0.15) is 0 Å². The van der Waals surface area contributed by atoms with Crippen LogP contribution in [0.5, 0.6) is 0 Å². The number of carbonyl (C=O) groups is 1. The van der Waals surface area contributed by atoms with Crippen molar-refractivity contribution in [3.8, 4) is 0 Å². The zero-order chi connectivity index (χ0) is 13.5. The molecule has 0 aromatic rings. The molecule has 4 nitrogen and oxygen atoms in total. The Kier molecular flexibility index (Phi) is 7.39. The van der Waals surface area contributed by atoms with E-state index in [0.717, 1.165) is 13.0 Å². The van der Waals surface area contributed by atoms with Crippen molar-refractivity contribution in [2.45, 2.75) is 46.1 Å². The van der Waals surface area contributed by atoms with Gasteiger partial charge in [0.25, 0.3) is 0 Å². The van der Waals surface area contributed by atoms with Crippen molar-refractivity contribution < 1.29 is 14.6 Å². The summed E-state index contributed by atoms with van der Waals surface area (Å²) in [4.78, 5) is 13.0. The molecule has 0 fully saturated rings. The van der Waals surface area contributed by atoms with Gasteiger partial charge >= 0.3 is 5.97 Å². The van der Waals surface area contributed by atoms with E-state index in [9.17, 15) is 9.90 Å². The number of nitrogens with zero attached hydrogens (tertiary/aromatic N) is 1. The minimum atomic E-state index is -0.459. The summed E-state index contributed by atoms with van der Waals surface area (Å²) < 4.78 is 4.53. The van der Waals surface area contributed by atoms with Gasteiger partial charge in [-0.1, -0.05) is 20.8 Å². The Balaban J connectivity index is 3.72. The molecular formula is C13H27NO3. The number of rotatable bonds is 7. The van der Waals surface area contributed by atoms with Gasteiger partial charge in [-0.15, -0.1) is 0 Å². The first-order valence-electron chi connectivity index (χ1n) is 6.18. The standard InChI is InChI=1S/C13H27NO3/c1-13(2,3)8-9-14(4)10-11(15)6-7-12(16)17-5/h11,15H,6-10H2,1-5H3. The van der Waals surface area contributed by atoms with Crippen LogP contribution in [0.3, 0.4) is 0 Å². The van der Waals surface area contributed by atoms with E-state index in [1.165, 1.54) is 7.11 Å². The lowest BCUT2D eigenvalue weighted by atomic mass is 9.92. The van der Waals surface area contributed by atoms with Crippen molar-refractivity contribution in [3.05, 3.63) is 0 Å². The minimum Gasteiger partial charge on any atom is -0.469 e. The van der Waals surface area contributed by atoms with Crippen molar-refractivity contribution in [3.63, 3.8) is 0 Å². The molecular weight excluding hydrogens is 218 g/mol. The number of carbonyl (C=O) groups excluding carboxylic acids is 1. The molecule has 0 spiro atoms. The van der Waals surface area contributed by atoms with Gasteiger partial charge in [0.05, 0.1) is 13.2 Å². The lowest BCUT2D eigenvalue weighted by molar-refractivity contribution is -0.141. The third-order valence-corrected chi connectivity index (χ3v) is 2.68. The summed E-state index contributed by atoms with van der Waals surface area (Å²) in [5.74, 6) is -0.263. The van der Waals surface area contributed by atoms with E-state index in [1.807, 2.05) is 7.05 Å². The second kappa shape index (κ2) is 7.67. The Hall–Kier alpha value is -0.610. The Morgan fingerprint density at radius 2 is 2.00 bits per heavy atom. The topological polar surface area (TPSA) is 49.8 Å². The molecule has 0 rings (SSSR count). The first-order chi connectivity index (χ1) is 7.74. The molecule has 102 valence electrons. The van der Waals surface area contributed by atoms with Crippen LogP contribution in [0, 0.1) is 5.41 Å². The Labute approximate surface area is 105 Å². The van der Waals surface area contributed by atoms with E-state index in [0.29, 0.717) is 18.4 Å². The monoisotopic (exact) mass is 245 g/mol. The molecule has 0 aliphatic carbocycles. The molecule has 0 radical (unpaired) electrons. The molecule has 0 heterocycles. The van der Waals surface area contributed by atoms with Gasteiger partial charge in [0.1, 0.15) is 0 Å². The minimum absolute atomic E-state index is 0.263. The molecule has 0 bridgehead atoms. The van der Waals surface area contributed by atoms with Gasteiger partial charge in [0, 0.05) is 13.0 Å². The van der Waals surface area contributed by atoms with E-state index < -0.39 is 6.10 Å². The first-order valence-corrected chi connectivity index (χ1v) is 6.18. The number of aliphatic hydroxyl groups is 1. The Morgan fingerprint density at radius 1 is 1.41 bits per heavy atom. The fourth-order valence-corrected chi connectivity index (χ4v) is 1.46. The van der Waals surface area contributed by atoms with Crippen LogP contribution in [-0.4, -0.2) is 49.3 Å². The first kappa shape index (κ1) is 16.4. The molecule has 1 atom stereocenters. The third-order valence-electron chi connectivity index (χ3n) is 2.68. The van der Waals surface area contributed by atoms with Crippen LogP contribution in [0.15, 0.2) is 0 Å². The van der Waals surface area contributed by atoms with Crippen LogP contribution in [-0.2, 0) is 9.53 Å². The summed E-state index contributed by atoms with van der Waals surface area (Å²) >= 11 is 0. The van der Waals surface area contributed by atoms with E-state index in [4.69, 9.17) is 0 Å². The number of methoxy groups -OCH3 is 1. The molecule has 0 aliphatic heterocycles. The maximum atomic E-state index is 10.9. The average Bonchev–Trinajstić information content (AvgIpc) is 2.22. The van der Waals surface area contributed by atoms with Gasteiger partial charge in [-0.05, 0) is 31.8 Å². The SMILES string of the molecule is COC(=O)CCC(O)CN(C)CCC(C)(C)C. The highest BCUT2D eigenvalue weighted by molar-refractivity contribution is 5.69. The molecule has 0 aliphatic rings. The Bertz CT molecular complexity index is 223. The second-order valence-corrected chi connectivity index (χ2v) is 5.84. The van der Waals surface area contributed by atoms with E-state index >= 15 is 0 Å². The van der Waals surface area contributed by atoms with Crippen LogP contribution in [0.2, 0.25) is 0 Å². The molecule has 0 aromatic carbocycles. The maximum Gasteiger partial charge on any atom is 0.305 e. The van der Waals surface area contributed by atoms with Crippen molar-refractivity contribution >= 4 is 5.97 Å². The molecule has 0 saturated carbocycles. The molecule has 0 amide bonds. The predicted octanol–water partition coefficient (Wildman–Crippen LogP) is 1.67.